The molecular formula is C14H13BrClNOS. The molecule has 0 aliphatic heterocycles. The summed E-state index contributed by atoms with van der Waals surface area (Å²) in [6, 6.07) is 7.31. The van der Waals surface area contributed by atoms with E-state index in [1.807, 2.05) is 19.1 Å². The molecule has 1 N–H and O–H groups in total. The lowest BCUT2D eigenvalue weighted by Crippen LogP contribution is -2.10. The van der Waals surface area contributed by atoms with Crippen molar-refractivity contribution in [3.05, 3.63) is 49.1 Å². The molecule has 0 aliphatic carbocycles. The first-order chi connectivity index (χ1) is 9.01. The first-order valence-corrected chi connectivity index (χ1v) is 7.85. The number of anilines is 1. The van der Waals surface area contributed by atoms with E-state index >= 15 is 0 Å². The largest absolute Gasteiger partial charge is 0.320 e. The number of hydrogen-bond acceptors (Lipinski definition) is 2. The standard InChI is InChI=1S/C14H13BrClNOS/c1-3-12-8(2)6-13(19-12)14(18)17-11-5-4-9(15)7-10(11)16/h4-7H,3H2,1-2H3,(H,17,18). The molecule has 1 aromatic carbocycles. The van der Waals surface area contributed by atoms with Gasteiger partial charge in [0.2, 0.25) is 0 Å². The number of rotatable bonds is 3. The van der Waals surface area contributed by atoms with Crippen LogP contribution in [0.25, 0.3) is 0 Å². The summed E-state index contributed by atoms with van der Waals surface area (Å²) in [7, 11) is 0. The number of thiophene rings is 1. The molecule has 100 valence electrons. The van der Waals surface area contributed by atoms with E-state index in [-0.39, 0.29) is 5.91 Å². The Hall–Kier alpha value is -0.840. The average Bonchev–Trinajstić information content (AvgIpc) is 2.74. The third-order valence-corrected chi connectivity index (χ3v) is 4.93. The number of amides is 1. The van der Waals surface area contributed by atoms with Crippen LogP contribution >= 0.6 is 38.9 Å². The molecule has 0 fully saturated rings. The van der Waals surface area contributed by atoms with Crippen LogP contribution in [0.3, 0.4) is 0 Å². The van der Waals surface area contributed by atoms with Gasteiger partial charge in [0.05, 0.1) is 15.6 Å². The molecule has 0 unspecified atom stereocenters. The molecule has 0 saturated carbocycles. The number of nitrogens with one attached hydrogen (secondary N) is 1. The first-order valence-electron chi connectivity index (χ1n) is 5.87. The van der Waals surface area contributed by atoms with Crippen LogP contribution in [0.4, 0.5) is 5.69 Å². The predicted octanol–water partition coefficient (Wildman–Crippen LogP) is 5.29. The van der Waals surface area contributed by atoms with Crippen molar-refractivity contribution in [2.24, 2.45) is 0 Å². The fourth-order valence-corrected chi connectivity index (χ4v) is 3.49. The molecule has 19 heavy (non-hydrogen) atoms. The highest BCUT2D eigenvalue weighted by atomic mass is 79.9. The zero-order valence-corrected chi connectivity index (χ0v) is 13.7. The van der Waals surface area contributed by atoms with Crippen molar-refractivity contribution < 1.29 is 4.79 Å². The SMILES string of the molecule is CCc1sc(C(=O)Nc2ccc(Br)cc2Cl)cc1C. The van der Waals surface area contributed by atoms with Crippen molar-refractivity contribution in [3.63, 3.8) is 0 Å². The molecule has 1 aromatic heterocycles. The Morgan fingerprint density at radius 1 is 1.42 bits per heavy atom. The molecule has 0 atom stereocenters. The number of hydrogen-bond donors (Lipinski definition) is 1. The summed E-state index contributed by atoms with van der Waals surface area (Å²) in [4.78, 5) is 14.1. The van der Waals surface area contributed by atoms with Crippen LogP contribution in [0.5, 0.6) is 0 Å². The van der Waals surface area contributed by atoms with Crippen molar-refractivity contribution in [1.82, 2.24) is 0 Å². The van der Waals surface area contributed by atoms with Gasteiger partial charge < -0.3 is 5.32 Å². The quantitative estimate of drug-likeness (QED) is 0.794. The fourth-order valence-electron chi connectivity index (χ4n) is 1.76. The molecule has 5 heteroatoms. The normalized spacial score (nSPS) is 10.5. The van der Waals surface area contributed by atoms with Crippen LogP contribution in [0.2, 0.25) is 5.02 Å². The summed E-state index contributed by atoms with van der Waals surface area (Å²) < 4.78 is 0.885. The Morgan fingerprint density at radius 3 is 2.74 bits per heavy atom. The van der Waals surface area contributed by atoms with Gasteiger partial charge in [-0.05, 0) is 43.2 Å². The van der Waals surface area contributed by atoms with Crippen molar-refractivity contribution in [3.8, 4) is 0 Å². The first kappa shape index (κ1) is 14.6. The van der Waals surface area contributed by atoms with Crippen LogP contribution in [-0.2, 0) is 6.42 Å². The molecule has 2 aromatic rings. The van der Waals surface area contributed by atoms with Gasteiger partial charge in [0, 0.05) is 9.35 Å². The lowest BCUT2D eigenvalue weighted by molar-refractivity contribution is 0.103. The average molecular weight is 359 g/mol. The number of carbonyl (C=O) groups is 1. The summed E-state index contributed by atoms with van der Waals surface area (Å²) in [6.45, 7) is 4.12. The van der Waals surface area contributed by atoms with Crippen LogP contribution in [0.1, 0.15) is 27.0 Å². The molecule has 1 amide bonds. The minimum atomic E-state index is -0.114. The maximum atomic E-state index is 12.2. The van der Waals surface area contributed by atoms with Gasteiger partial charge in [-0.3, -0.25) is 4.79 Å². The monoisotopic (exact) mass is 357 g/mol. The van der Waals surface area contributed by atoms with Gasteiger partial charge in [-0.15, -0.1) is 11.3 Å². The van der Waals surface area contributed by atoms with Crippen molar-refractivity contribution in [1.29, 1.82) is 0 Å². The van der Waals surface area contributed by atoms with Gasteiger partial charge in [-0.1, -0.05) is 34.5 Å². The maximum Gasteiger partial charge on any atom is 0.265 e. The van der Waals surface area contributed by atoms with E-state index in [2.05, 4.69) is 28.2 Å². The summed E-state index contributed by atoms with van der Waals surface area (Å²) in [5.41, 5.74) is 1.79. The smallest absolute Gasteiger partial charge is 0.265 e. The Labute approximate surface area is 129 Å². The lowest BCUT2D eigenvalue weighted by atomic mass is 10.2. The summed E-state index contributed by atoms with van der Waals surface area (Å²) >= 11 is 10.9. The molecule has 0 saturated heterocycles. The van der Waals surface area contributed by atoms with E-state index < -0.39 is 0 Å². The van der Waals surface area contributed by atoms with Crippen LogP contribution in [0.15, 0.2) is 28.7 Å². The van der Waals surface area contributed by atoms with Gasteiger partial charge >= 0.3 is 0 Å². The van der Waals surface area contributed by atoms with Crippen LogP contribution in [0, 0.1) is 6.92 Å². The van der Waals surface area contributed by atoms with Crippen molar-refractivity contribution in [2.75, 3.05) is 5.32 Å². The number of benzene rings is 1. The lowest BCUT2D eigenvalue weighted by Gasteiger charge is -2.06. The highest BCUT2D eigenvalue weighted by Gasteiger charge is 2.13. The Bertz CT molecular complexity index is 624. The molecule has 0 bridgehead atoms. The summed E-state index contributed by atoms with van der Waals surface area (Å²) in [6.07, 6.45) is 0.947. The fraction of sp³-hybridized carbons (Fsp3) is 0.214. The molecule has 0 radical (unpaired) electrons. The van der Waals surface area contributed by atoms with E-state index in [1.54, 1.807) is 12.1 Å². The van der Waals surface area contributed by atoms with Gasteiger partial charge in [0.15, 0.2) is 0 Å². The highest BCUT2D eigenvalue weighted by molar-refractivity contribution is 9.10. The molecule has 2 rings (SSSR count). The third kappa shape index (κ3) is 3.38. The zero-order chi connectivity index (χ0) is 14.0. The number of aryl methyl sites for hydroxylation is 2. The Kier molecular flexibility index (Phi) is 4.66. The van der Waals surface area contributed by atoms with E-state index in [0.29, 0.717) is 15.6 Å². The predicted molar refractivity (Wildman–Crippen MR) is 85.5 cm³/mol. The van der Waals surface area contributed by atoms with Gasteiger partial charge in [-0.2, -0.15) is 0 Å². The third-order valence-electron chi connectivity index (χ3n) is 2.74. The molecular weight excluding hydrogens is 346 g/mol. The van der Waals surface area contributed by atoms with Gasteiger partial charge in [0.25, 0.3) is 5.91 Å². The van der Waals surface area contributed by atoms with Crippen molar-refractivity contribution in [2.45, 2.75) is 20.3 Å². The molecule has 0 spiro atoms. The minimum absolute atomic E-state index is 0.114. The highest BCUT2D eigenvalue weighted by Crippen LogP contribution is 2.28. The van der Waals surface area contributed by atoms with Crippen LogP contribution in [-0.4, -0.2) is 5.91 Å². The molecule has 0 aliphatic rings. The van der Waals surface area contributed by atoms with E-state index in [0.717, 1.165) is 10.9 Å². The van der Waals surface area contributed by atoms with E-state index in [4.69, 9.17) is 11.6 Å². The maximum absolute atomic E-state index is 12.2. The number of halogens is 2. The van der Waals surface area contributed by atoms with Crippen LogP contribution < -0.4 is 5.32 Å². The molecule has 1 heterocycles. The second-order valence-corrected chi connectivity index (χ2v) is 6.61. The topological polar surface area (TPSA) is 29.1 Å². The Morgan fingerprint density at radius 2 is 2.16 bits per heavy atom. The van der Waals surface area contributed by atoms with Crippen molar-refractivity contribution >= 4 is 50.5 Å². The van der Waals surface area contributed by atoms with E-state index in [1.165, 1.54) is 21.8 Å². The minimum Gasteiger partial charge on any atom is -0.320 e. The van der Waals surface area contributed by atoms with Gasteiger partial charge in [0.1, 0.15) is 0 Å². The zero-order valence-electron chi connectivity index (χ0n) is 10.6. The molecule has 2 nitrogen and oxygen atoms in total. The second-order valence-electron chi connectivity index (χ2n) is 4.15. The summed E-state index contributed by atoms with van der Waals surface area (Å²) in [5, 5.41) is 3.36. The number of carbonyl (C=O) groups excluding carboxylic acids is 1. The second kappa shape index (κ2) is 6.07. The van der Waals surface area contributed by atoms with E-state index in [9.17, 15) is 4.79 Å². The van der Waals surface area contributed by atoms with Gasteiger partial charge in [-0.25, -0.2) is 0 Å². The Balaban J connectivity index is 2.20. The summed E-state index contributed by atoms with van der Waals surface area (Å²) in [5.74, 6) is -0.114.